The molecule has 1 rings (SSSR count). The second-order valence-corrected chi connectivity index (χ2v) is 4.88. The van der Waals surface area contributed by atoms with E-state index in [1.165, 1.54) is 0 Å². The van der Waals surface area contributed by atoms with Crippen LogP contribution in [-0.2, 0) is 4.74 Å². The topological polar surface area (TPSA) is 26.3 Å². The Bertz CT molecular complexity index is 352. The molecular formula is C13H18O2. The van der Waals surface area contributed by atoms with Crippen LogP contribution in [0.3, 0.4) is 0 Å². The zero-order valence-electron chi connectivity index (χ0n) is 10.0. The average Bonchev–Trinajstić information content (AvgIpc) is 1.98. The Morgan fingerprint density at radius 1 is 1.07 bits per heavy atom. The summed E-state index contributed by atoms with van der Waals surface area (Å²) < 4.78 is 5.29. The first-order valence-corrected chi connectivity index (χ1v) is 5.09. The molecule has 0 bridgehead atoms. The third-order valence-corrected chi connectivity index (χ3v) is 1.86. The minimum absolute atomic E-state index is 0.255. The first-order valence-electron chi connectivity index (χ1n) is 5.09. The van der Waals surface area contributed by atoms with Gasteiger partial charge in [-0.2, -0.15) is 0 Å². The molecular weight excluding hydrogens is 188 g/mol. The van der Waals surface area contributed by atoms with Crippen molar-refractivity contribution in [3.05, 3.63) is 34.9 Å². The Labute approximate surface area is 91.3 Å². The largest absolute Gasteiger partial charge is 0.456 e. The van der Waals surface area contributed by atoms with Crippen molar-refractivity contribution in [1.82, 2.24) is 0 Å². The molecule has 0 unspecified atom stereocenters. The van der Waals surface area contributed by atoms with Gasteiger partial charge in [-0.15, -0.1) is 0 Å². The SMILES string of the molecule is Cc1cc(C)cc(C(=O)OC(C)(C)C)c1. The minimum atomic E-state index is -0.436. The smallest absolute Gasteiger partial charge is 0.338 e. The fourth-order valence-corrected chi connectivity index (χ4v) is 1.43. The van der Waals surface area contributed by atoms with Gasteiger partial charge in [-0.25, -0.2) is 4.79 Å². The lowest BCUT2D eigenvalue weighted by atomic mass is 10.1. The predicted molar refractivity (Wildman–Crippen MR) is 61.1 cm³/mol. The lowest BCUT2D eigenvalue weighted by molar-refractivity contribution is 0.00693. The van der Waals surface area contributed by atoms with E-state index in [-0.39, 0.29) is 5.97 Å². The molecule has 1 aromatic carbocycles. The van der Waals surface area contributed by atoms with E-state index in [9.17, 15) is 4.79 Å². The normalized spacial score (nSPS) is 11.3. The van der Waals surface area contributed by atoms with Gasteiger partial charge >= 0.3 is 5.97 Å². The molecule has 82 valence electrons. The van der Waals surface area contributed by atoms with Crippen molar-refractivity contribution in [1.29, 1.82) is 0 Å². The number of rotatable bonds is 1. The highest BCUT2D eigenvalue weighted by atomic mass is 16.6. The van der Waals surface area contributed by atoms with Crippen molar-refractivity contribution in [3.8, 4) is 0 Å². The summed E-state index contributed by atoms with van der Waals surface area (Å²) in [6, 6.07) is 5.73. The van der Waals surface area contributed by atoms with Gasteiger partial charge in [-0.05, 0) is 46.8 Å². The Balaban J connectivity index is 2.92. The number of esters is 1. The summed E-state index contributed by atoms with van der Waals surface area (Å²) >= 11 is 0. The van der Waals surface area contributed by atoms with Crippen LogP contribution in [0, 0.1) is 13.8 Å². The summed E-state index contributed by atoms with van der Waals surface area (Å²) in [5.74, 6) is -0.255. The van der Waals surface area contributed by atoms with E-state index in [1.807, 2.05) is 52.8 Å². The Morgan fingerprint density at radius 2 is 1.53 bits per heavy atom. The Kier molecular flexibility index (Phi) is 3.18. The van der Waals surface area contributed by atoms with Gasteiger partial charge in [0.15, 0.2) is 0 Å². The van der Waals surface area contributed by atoms with Crippen LogP contribution in [0.15, 0.2) is 18.2 Å². The van der Waals surface area contributed by atoms with E-state index in [1.54, 1.807) is 0 Å². The van der Waals surface area contributed by atoms with E-state index in [2.05, 4.69) is 0 Å². The number of hydrogen-bond acceptors (Lipinski definition) is 2. The molecule has 15 heavy (non-hydrogen) atoms. The highest BCUT2D eigenvalue weighted by Gasteiger charge is 2.17. The van der Waals surface area contributed by atoms with Gasteiger partial charge in [0, 0.05) is 0 Å². The van der Waals surface area contributed by atoms with Gasteiger partial charge in [0.1, 0.15) is 5.60 Å². The van der Waals surface area contributed by atoms with Crippen molar-refractivity contribution in [2.24, 2.45) is 0 Å². The summed E-state index contributed by atoms with van der Waals surface area (Å²) in [7, 11) is 0. The molecule has 0 heterocycles. The van der Waals surface area contributed by atoms with Crippen LogP contribution in [0.1, 0.15) is 42.3 Å². The number of hydrogen-bond donors (Lipinski definition) is 0. The number of aryl methyl sites for hydroxylation is 2. The van der Waals surface area contributed by atoms with E-state index >= 15 is 0 Å². The van der Waals surface area contributed by atoms with Crippen molar-refractivity contribution < 1.29 is 9.53 Å². The second kappa shape index (κ2) is 4.05. The standard InChI is InChI=1S/C13H18O2/c1-9-6-10(2)8-11(7-9)12(14)15-13(3,4)5/h6-8H,1-5H3. The van der Waals surface area contributed by atoms with Crippen molar-refractivity contribution in [2.75, 3.05) is 0 Å². The van der Waals surface area contributed by atoms with Gasteiger partial charge in [-0.3, -0.25) is 0 Å². The summed E-state index contributed by atoms with van der Waals surface area (Å²) in [5.41, 5.74) is 2.35. The molecule has 1 aromatic rings. The molecule has 0 amide bonds. The summed E-state index contributed by atoms with van der Waals surface area (Å²) in [5, 5.41) is 0. The molecule has 0 radical (unpaired) electrons. The summed E-state index contributed by atoms with van der Waals surface area (Å²) in [6.07, 6.45) is 0. The van der Waals surface area contributed by atoms with Crippen LogP contribution < -0.4 is 0 Å². The van der Waals surface area contributed by atoms with E-state index in [0.29, 0.717) is 5.56 Å². The lowest BCUT2D eigenvalue weighted by Crippen LogP contribution is -2.23. The molecule has 0 spiro atoms. The molecule has 0 atom stereocenters. The second-order valence-electron chi connectivity index (χ2n) is 4.88. The molecule has 2 nitrogen and oxygen atoms in total. The maximum atomic E-state index is 11.7. The van der Waals surface area contributed by atoms with E-state index in [0.717, 1.165) is 11.1 Å². The molecule has 0 N–H and O–H groups in total. The monoisotopic (exact) mass is 206 g/mol. The lowest BCUT2D eigenvalue weighted by Gasteiger charge is -2.19. The van der Waals surface area contributed by atoms with Gasteiger partial charge < -0.3 is 4.74 Å². The molecule has 0 aliphatic rings. The van der Waals surface area contributed by atoms with Gasteiger partial charge in [0.2, 0.25) is 0 Å². The molecule has 0 aromatic heterocycles. The predicted octanol–water partition coefficient (Wildman–Crippen LogP) is 3.26. The van der Waals surface area contributed by atoms with Crippen LogP contribution >= 0.6 is 0 Å². The van der Waals surface area contributed by atoms with E-state index < -0.39 is 5.60 Å². The molecule has 0 aliphatic heterocycles. The van der Waals surface area contributed by atoms with Crippen LogP contribution in [-0.4, -0.2) is 11.6 Å². The van der Waals surface area contributed by atoms with Gasteiger partial charge in [-0.1, -0.05) is 17.2 Å². The quantitative estimate of drug-likeness (QED) is 0.659. The number of benzene rings is 1. The average molecular weight is 206 g/mol. The van der Waals surface area contributed by atoms with Crippen LogP contribution in [0.4, 0.5) is 0 Å². The number of carbonyl (C=O) groups is 1. The summed E-state index contributed by atoms with van der Waals surface area (Å²) in [6.45, 7) is 9.55. The third kappa shape index (κ3) is 3.74. The molecule has 0 fully saturated rings. The first kappa shape index (κ1) is 11.8. The highest BCUT2D eigenvalue weighted by Crippen LogP contribution is 2.14. The highest BCUT2D eigenvalue weighted by molar-refractivity contribution is 5.90. The Hall–Kier alpha value is -1.31. The van der Waals surface area contributed by atoms with E-state index in [4.69, 9.17) is 4.74 Å². The van der Waals surface area contributed by atoms with Crippen molar-refractivity contribution in [2.45, 2.75) is 40.2 Å². The van der Waals surface area contributed by atoms with Gasteiger partial charge in [0.05, 0.1) is 5.56 Å². The maximum absolute atomic E-state index is 11.7. The molecule has 0 saturated heterocycles. The van der Waals surface area contributed by atoms with Crippen molar-refractivity contribution >= 4 is 5.97 Å². The molecule has 0 saturated carbocycles. The fourth-order valence-electron chi connectivity index (χ4n) is 1.43. The zero-order chi connectivity index (χ0) is 11.6. The molecule has 2 heteroatoms. The number of ether oxygens (including phenoxy) is 1. The van der Waals surface area contributed by atoms with Crippen LogP contribution in [0.2, 0.25) is 0 Å². The fraction of sp³-hybridized carbons (Fsp3) is 0.462. The summed E-state index contributed by atoms with van der Waals surface area (Å²) in [4.78, 5) is 11.7. The minimum Gasteiger partial charge on any atom is -0.456 e. The molecule has 0 aliphatic carbocycles. The zero-order valence-corrected chi connectivity index (χ0v) is 10.0. The third-order valence-electron chi connectivity index (χ3n) is 1.86. The Morgan fingerprint density at radius 3 is 1.93 bits per heavy atom. The first-order chi connectivity index (χ1) is 6.78. The number of carbonyl (C=O) groups excluding carboxylic acids is 1. The maximum Gasteiger partial charge on any atom is 0.338 e. The van der Waals surface area contributed by atoms with Crippen molar-refractivity contribution in [3.63, 3.8) is 0 Å². The van der Waals surface area contributed by atoms with Crippen LogP contribution in [0.5, 0.6) is 0 Å². The van der Waals surface area contributed by atoms with Crippen LogP contribution in [0.25, 0.3) is 0 Å². The van der Waals surface area contributed by atoms with Gasteiger partial charge in [0.25, 0.3) is 0 Å².